The largest absolute Gasteiger partial charge is 0.489 e. The van der Waals surface area contributed by atoms with Crippen LogP contribution in [0.15, 0.2) is 48.8 Å². The Bertz CT molecular complexity index is 1840. The van der Waals surface area contributed by atoms with Crippen molar-refractivity contribution in [2.75, 3.05) is 63.1 Å². The number of benzene rings is 2. The highest BCUT2D eigenvalue weighted by atomic mass is 35.5. The molecule has 2 aliphatic rings. The number of ether oxygens (including phenoxy) is 1. The molecule has 11 nitrogen and oxygen atoms in total. The Morgan fingerprint density at radius 1 is 1.02 bits per heavy atom. The Labute approximate surface area is 286 Å². The smallest absolute Gasteiger partial charge is 0.366 e. The molecule has 0 radical (unpaired) electrons. The summed E-state index contributed by atoms with van der Waals surface area (Å²) in [5.41, 5.74) is 2.87. The van der Waals surface area contributed by atoms with E-state index >= 15 is 0 Å². The van der Waals surface area contributed by atoms with Gasteiger partial charge in [0.15, 0.2) is 0 Å². The lowest BCUT2D eigenvalue weighted by atomic mass is 10.0. The summed E-state index contributed by atoms with van der Waals surface area (Å²) < 4.78 is 38.3. The third-order valence-electron chi connectivity index (χ3n) is 8.70. The fraction of sp³-hybridized carbons (Fsp3) is 0.455. The van der Waals surface area contributed by atoms with Crippen molar-refractivity contribution in [2.24, 2.45) is 0 Å². The van der Waals surface area contributed by atoms with Crippen LogP contribution in [0.25, 0.3) is 22.2 Å². The van der Waals surface area contributed by atoms with Gasteiger partial charge >= 0.3 is 10.3 Å². The van der Waals surface area contributed by atoms with E-state index in [0.717, 1.165) is 61.8 Å². The van der Waals surface area contributed by atoms with Gasteiger partial charge in [-0.15, -0.1) is 0 Å². The number of likely N-dealkylation sites (N-methyl/N-ethyl adjacent to an activating group) is 1. The van der Waals surface area contributed by atoms with Crippen LogP contribution in [0.3, 0.4) is 0 Å². The van der Waals surface area contributed by atoms with Crippen LogP contribution in [0, 0.1) is 0 Å². The van der Waals surface area contributed by atoms with Crippen molar-refractivity contribution in [3.05, 3.63) is 58.8 Å². The lowest BCUT2D eigenvalue weighted by molar-refractivity contribution is 0.0982. The summed E-state index contributed by atoms with van der Waals surface area (Å²) in [4.78, 5) is 16.5. The summed E-state index contributed by atoms with van der Waals surface area (Å²) in [6, 6.07) is 11.5. The third-order valence-corrected chi connectivity index (χ3v) is 10.6. The highest BCUT2D eigenvalue weighted by Gasteiger charge is 2.28. The number of halogens is 2. The molecule has 2 aromatic carbocycles. The highest BCUT2D eigenvalue weighted by molar-refractivity contribution is 7.85. The second-order valence-electron chi connectivity index (χ2n) is 12.3. The summed E-state index contributed by atoms with van der Waals surface area (Å²) in [5.74, 6) is 0.874. The topological polar surface area (TPSA) is 105 Å². The Hall–Kier alpha value is -3.13. The van der Waals surface area contributed by atoms with Crippen molar-refractivity contribution in [1.82, 2.24) is 23.7 Å². The summed E-state index contributed by atoms with van der Waals surface area (Å²) in [6.45, 7) is 11.9. The number of para-hydroxylation sites is 1. The number of anilines is 3. The third kappa shape index (κ3) is 7.33. The predicted octanol–water partition coefficient (Wildman–Crippen LogP) is 6.28. The van der Waals surface area contributed by atoms with Gasteiger partial charge in [-0.2, -0.15) is 8.42 Å². The highest BCUT2D eigenvalue weighted by Crippen LogP contribution is 2.40. The van der Waals surface area contributed by atoms with Crippen LogP contribution >= 0.6 is 23.2 Å². The number of nitrogens with zero attached hydrogens (tertiary/aromatic N) is 6. The summed E-state index contributed by atoms with van der Waals surface area (Å²) in [5, 5.41) is 4.78. The number of hydrogen-bond acceptors (Lipinski definition) is 10. The molecular weight excluding hydrogens is 661 g/mol. The first-order chi connectivity index (χ1) is 22.5. The molecule has 6 rings (SSSR count). The molecule has 0 spiro atoms. The lowest BCUT2D eigenvalue weighted by Crippen LogP contribution is -2.52. The maximum absolute atomic E-state index is 12.9. The Morgan fingerprint density at radius 3 is 2.45 bits per heavy atom. The fourth-order valence-electron chi connectivity index (χ4n) is 6.36. The van der Waals surface area contributed by atoms with Gasteiger partial charge in [0.05, 0.1) is 51.5 Å². The normalized spacial score (nSPS) is 17.1. The molecule has 0 amide bonds. The van der Waals surface area contributed by atoms with Gasteiger partial charge in [0.2, 0.25) is 5.95 Å². The van der Waals surface area contributed by atoms with Crippen molar-refractivity contribution < 1.29 is 17.3 Å². The molecule has 2 fully saturated rings. The minimum absolute atomic E-state index is 0.00350. The standard InChI is InChI=1S/C33H41Cl2N7O4S/c1-5-45-47(43,44)42-21-25(24-8-6-7-9-29(24)42)32-27(35)20-36-33(38-32)37-28-18-26(34)30(19-31(28)46-22(2)3)41-12-10-23(11-13-41)40-16-14-39(4)15-17-40/h6-9,18-23H,5,10-17H2,1-4H3,(H,36,37,38). The van der Waals surface area contributed by atoms with Crippen molar-refractivity contribution in [1.29, 1.82) is 0 Å². The van der Waals surface area contributed by atoms with E-state index in [1.165, 1.54) is 12.4 Å². The van der Waals surface area contributed by atoms with Gasteiger partial charge in [0, 0.05) is 68.5 Å². The van der Waals surface area contributed by atoms with E-state index in [9.17, 15) is 8.42 Å². The quantitative estimate of drug-likeness (QED) is 0.203. The molecule has 14 heteroatoms. The average Bonchev–Trinajstić information content (AvgIpc) is 3.44. The minimum atomic E-state index is -4.07. The molecule has 1 N–H and O–H groups in total. The first-order valence-corrected chi connectivity index (χ1v) is 18.1. The van der Waals surface area contributed by atoms with E-state index in [1.54, 1.807) is 19.1 Å². The second kappa shape index (κ2) is 14.2. The van der Waals surface area contributed by atoms with Crippen molar-refractivity contribution in [2.45, 2.75) is 45.8 Å². The van der Waals surface area contributed by atoms with E-state index in [0.29, 0.717) is 44.7 Å². The average molecular weight is 703 g/mol. The van der Waals surface area contributed by atoms with Gasteiger partial charge in [0.25, 0.3) is 0 Å². The van der Waals surface area contributed by atoms with E-state index in [4.69, 9.17) is 37.1 Å². The van der Waals surface area contributed by atoms with Gasteiger partial charge in [-0.1, -0.05) is 41.4 Å². The molecule has 2 saturated heterocycles. The number of piperidine rings is 1. The molecular formula is C33H41Cl2N7O4S. The van der Waals surface area contributed by atoms with Crippen molar-refractivity contribution in [3.8, 4) is 17.0 Å². The number of fused-ring (bicyclic) bond motifs is 1. The van der Waals surface area contributed by atoms with Gasteiger partial charge in [-0.25, -0.2) is 13.9 Å². The van der Waals surface area contributed by atoms with Crippen LogP contribution < -0.4 is 15.0 Å². The van der Waals surface area contributed by atoms with E-state index in [1.807, 2.05) is 38.1 Å². The zero-order valence-corrected chi connectivity index (χ0v) is 29.4. The van der Waals surface area contributed by atoms with Gasteiger partial charge in [0.1, 0.15) is 5.75 Å². The summed E-state index contributed by atoms with van der Waals surface area (Å²) >= 11 is 13.6. The number of aromatic nitrogens is 3. The lowest BCUT2D eigenvalue weighted by Gasteiger charge is -2.42. The van der Waals surface area contributed by atoms with Crippen molar-refractivity contribution >= 4 is 61.7 Å². The molecule has 0 aliphatic carbocycles. The maximum Gasteiger partial charge on any atom is 0.366 e. The van der Waals surface area contributed by atoms with E-state index in [-0.39, 0.29) is 23.7 Å². The fourth-order valence-corrected chi connectivity index (χ4v) is 7.88. The molecule has 0 bridgehead atoms. The Morgan fingerprint density at radius 2 is 1.74 bits per heavy atom. The second-order valence-corrected chi connectivity index (χ2v) is 14.6. The molecule has 2 aliphatic heterocycles. The molecule has 0 unspecified atom stereocenters. The summed E-state index contributed by atoms with van der Waals surface area (Å²) in [6.07, 6.45) is 5.04. The van der Waals surface area contributed by atoms with Crippen LogP contribution in [0.5, 0.6) is 5.75 Å². The molecule has 0 saturated carbocycles. The maximum atomic E-state index is 12.9. The number of hydrogen-bond donors (Lipinski definition) is 1. The zero-order chi connectivity index (χ0) is 33.3. The monoisotopic (exact) mass is 701 g/mol. The van der Waals surface area contributed by atoms with Gasteiger partial charge < -0.3 is 19.9 Å². The van der Waals surface area contributed by atoms with Crippen LogP contribution in [0.4, 0.5) is 17.3 Å². The number of rotatable bonds is 10. The van der Waals surface area contributed by atoms with Crippen LogP contribution in [-0.2, 0) is 14.5 Å². The van der Waals surface area contributed by atoms with Gasteiger partial charge in [-0.05, 0) is 52.8 Å². The van der Waals surface area contributed by atoms with Gasteiger partial charge in [-0.3, -0.25) is 9.08 Å². The van der Waals surface area contributed by atoms with Crippen LogP contribution in [0.1, 0.15) is 33.6 Å². The van der Waals surface area contributed by atoms with Crippen LogP contribution in [-0.4, -0.2) is 97.2 Å². The zero-order valence-electron chi connectivity index (χ0n) is 27.1. The van der Waals surface area contributed by atoms with Crippen LogP contribution in [0.2, 0.25) is 10.0 Å². The predicted molar refractivity (Wildman–Crippen MR) is 189 cm³/mol. The number of piperazine rings is 1. The molecule has 252 valence electrons. The first kappa shape index (κ1) is 33.8. The number of nitrogens with one attached hydrogen (secondary N) is 1. The Balaban J connectivity index is 1.28. The summed E-state index contributed by atoms with van der Waals surface area (Å²) in [7, 11) is -1.88. The molecule has 4 aromatic rings. The first-order valence-electron chi connectivity index (χ1n) is 16.0. The van der Waals surface area contributed by atoms with E-state index in [2.05, 4.69) is 32.0 Å². The SMILES string of the molecule is CCOS(=O)(=O)n1cc(-c2nc(Nc3cc(Cl)c(N4CCC(N5CCN(C)CC5)CC4)cc3OC(C)C)ncc2Cl)c2ccccc21. The molecule has 47 heavy (non-hydrogen) atoms. The Kier molecular flexibility index (Phi) is 10.2. The minimum Gasteiger partial charge on any atom is -0.489 e. The van der Waals surface area contributed by atoms with E-state index < -0.39 is 10.3 Å². The molecule has 2 aromatic heterocycles. The molecule has 4 heterocycles. The molecule has 0 atom stereocenters. The van der Waals surface area contributed by atoms with Crippen molar-refractivity contribution in [3.63, 3.8) is 0 Å².